The van der Waals surface area contributed by atoms with E-state index >= 15 is 0 Å². The van der Waals surface area contributed by atoms with Crippen LogP contribution in [0.25, 0.3) is 0 Å². The van der Waals surface area contributed by atoms with E-state index in [1.165, 1.54) is 0 Å². The second kappa shape index (κ2) is 6.08. The lowest BCUT2D eigenvalue weighted by atomic mass is 10.2. The zero-order valence-electron chi connectivity index (χ0n) is 9.57. The van der Waals surface area contributed by atoms with Crippen molar-refractivity contribution in [2.24, 2.45) is 0 Å². The van der Waals surface area contributed by atoms with Gasteiger partial charge in [-0.15, -0.1) is 0 Å². The van der Waals surface area contributed by atoms with Gasteiger partial charge in [-0.05, 0) is 34.5 Å². The number of benzene rings is 1. The molecule has 3 nitrogen and oxygen atoms in total. The molecule has 0 unspecified atom stereocenters. The fourth-order valence-corrected chi connectivity index (χ4v) is 1.63. The predicted octanol–water partition coefficient (Wildman–Crippen LogP) is 2.85. The van der Waals surface area contributed by atoms with Gasteiger partial charge in [-0.1, -0.05) is 12.1 Å². The van der Waals surface area contributed by atoms with Crippen LogP contribution in [0.1, 0.15) is 5.56 Å². The van der Waals surface area contributed by atoms with E-state index in [-0.39, 0.29) is 6.54 Å². The lowest BCUT2D eigenvalue weighted by molar-refractivity contribution is -0.137. The molecule has 1 rings (SSSR count). The largest absolute Gasteiger partial charge is 0.405 e. The minimum absolute atomic E-state index is 0.210. The molecule has 0 fully saturated rings. The summed E-state index contributed by atoms with van der Waals surface area (Å²) in [6, 6.07) is 5.39. The summed E-state index contributed by atoms with van der Waals surface area (Å²) in [4.78, 5) is 11.2. The Hall–Kier alpha value is -1.24. The Labute approximate surface area is 111 Å². The van der Waals surface area contributed by atoms with Crippen LogP contribution in [-0.4, -0.2) is 25.2 Å². The molecule has 0 radical (unpaired) electrons. The van der Waals surface area contributed by atoms with Gasteiger partial charge in [0.15, 0.2) is 0 Å². The van der Waals surface area contributed by atoms with Crippen molar-refractivity contribution in [1.82, 2.24) is 5.32 Å². The van der Waals surface area contributed by atoms with Gasteiger partial charge in [-0.25, -0.2) is 0 Å². The highest BCUT2D eigenvalue weighted by molar-refractivity contribution is 9.10. The number of hydrogen-bond acceptors (Lipinski definition) is 2. The third kappa shape index (κ3) is 4.95. The number of anilines is 1. The second-order valence-electron chi connectivity index (χ2n) is 3.68. The number of amides is 1. The number of nitrogens with one attached hydrogen (secondary N) is 2. The minimum Gasteiger partial charge on any atom is -0.375 e. The first-order valence-corrected chi connectivity index (χ1v) is 5.91. The van der Waals surface area contributed by atoms with Crippen molar-refractivity contribution < 1.29 is 18.0 Å². The Morgan fingerprint density at radius 3 is 2.67 bits per heavy atom. The second-order valence-corrected chi connectivity index (χ2v) is 4.47. The van der Waals surface area contributed by atoms with Crippen LogP contribution in [0.15, 0.2) is 22.7 Å². The molecule has 0 aliphatic heterocycles. The molecular formula is C11H12BrF3N2O. The zero-order valence-corrected chi connectivity index (χ0v) is 11.2. The van der Waals surface area contributed by atoms with E-state index in [4.69, 9.17) is 0 Å². The fourth-order valence-electron chi connectivity index (χ4n) is 1.22. The summed E-state index contributed by atoms with van der Waals surface area (Å²) in [5, 5.41) is 4.55. The Morgan fingerprint density at radius 1 is 1.39 bits per heavy atom. The van der Waals surface area contributed by atoms with Gasteiger partial charge in [0.1, 0.15) is 6.54 Å². The van der Waals surface area contributed by atoms with Crippen LogP contribution in [0.4, 0.5) is 18.9 Å². The van der Waals surface area contributed by atoms with Gasteiger partial charge in [0.05, 0.1) is 6.54 Å². The summed E-state index contributed by atoms with van der Waals surface area (Å²) >= 11 is 3.33. The number of aryl methyl sites for hydroxylation is 1. The first-order chi connectivity index (χ1) is 8.29. The molecule has 0 saturated heterocycles. The highest BCUT2D eigenvalue weighted by atomic mass is 79.9. The van der Waals surface area contributed by atoms with Gasteiger partial charge >= 0.3 is 6.18 Å². The molecule has 0 spiro atoms. The number of rotatable bonds is 4. The van der Waals surface area contributed by atoms with E-state index < -0.39 is 18.6 Å². The summed E-state index contributed by atoms with van der Waals surface area (Å²) in [6.07, 6.45) is -4.39. The molecule has 0 saturated carbocycles. The van der Waals surface area contributed by atoms with Gasteiger partial charge < -0.3 is 10.6 Å². The molecule has 7 heteroatoms. The molecule has 0 atom stereocenters. The number of halogens is 4. The van der Waals surface area contributed by atoms with E-state index in [0.717, 1.165) is 10.0 Å². The van der Waals surface area contributed by atoms with Crippen LogP contribution in [0.5, 0.6) is 0 Å². The maximum Gasteiger partial charge on any atom is 0.405 e. The number of carbonyl (C=O) groups is 1. The van der Waals surface area contributed by atoms with Crippen molar-refractivity contribution in [2.75, 3.05) is 18.4 Å². The Morgan fingerprint density at radius 2 is 2.06 bits per heavy atom. The normalized spacial score (nSPS) is 11.2. The van der Waals surface area contributed by atoms with E-state index in [0.29, 0.717) is 5.69 Å². The predicted molar refractivity (Wildman–Crippen MR) is 66.4 cm³/mol. The smallest absolute Gasteiger partial charge is 0.375 e. The van der Waals surface area contributed by atoms with Gasteiger partial charge in [0.2, 0.25) is 5.91 Å². The molecule has 2 N–H and O–H groups in total. The lowest BCUT2D eigenvalue weighted by Crippen LogP contribution is -2.37. The van der Waals surface area contributed by atoms with Crippen molar-refractivity contribution >= 4 is 27.5 Å². The van der Waals surface area contributed by atoms with Crippen LogP contribution < -0.4 is 10.6 Å². The van der Waals surface area contributed by atoms with Crippen LogP contribution in [0.2, 0.25) is 0 Å². The number of alkyl halides is 3. The quantitative estimate of drug-likeness (QED) is 0.894. The summed E-state index contributed by atoms with van der Waals surface area (Å²) in [7, 11) is 0. The first-order valence-electron chi connectivity index (χ1n) is 5.12. The summed E-state index contributed by atoms with van der Waals surface area (Å²) < 4.78 is 36.3. The number of carbonyl (C=O) groups excluding carboxylic acids is 1. The van der Waals surface area contributed by atoms with Crippen molar-refractivity contribution in [3.8, 4) is 0 Å². The Bertz CT molecular complexity index is 435. The van der Waals surface area contributed by atoms with Crippen molar-refractivity contribution in [3.05, 3.63) is 28.2 Å². The maximum atomic E-state index is 11.9. The Kier molecular flexibility index (Phi) is 5.01. The van der Waals surface area contributed by atoms with E-state index in [9.17, 15) is 18.0 Å². The third-order valence-electron chi connectivity index (χ3n) is 2.12. The molecule has 0 aliphatic rings. The molecule has 0 bridgehead atoms. The molecule has 0 aromatic heterocycles. The van der Waals surface area contributed by atoms with Crippen LogP contribution in [0, 0.1) is 6.92 Å². The fraction of sp³-hybridized carbons (Fsp3) is 0.364. The van der Waals surface area contributed by atoms with Crippen LogP contribution >= 0.6 is 15.9 Å². The zero-order chi connectivity index (χ0) is 13.8. The molecule has 0 aliphatic carbocycles. The highest BCUT2D eigenvalue weighted by Gasteiger charge is 2.27. The van der Waals surface area contributed by atoms with Crippen molar-refractivity contribution in [2.45, 2.75) is 13.1 Å². The van der Waals surface area contributed by atoms with Crippen LogP contribution in [-0.2, 0) is 4.79 Å². The average molecular weight is 325 g/mol. The highest BCUT2D eigenvalue weighted by Crippen LogP contribution is 2.25. The van der Waals surface area contributed by atoms with Gasteiger partial charge in [-0.2, -0.15) is 13.2 Å². The van der Waals surface area contributed by atoms with Gasteiger partial charge in [0.25, 0.3) is 0 Å². The summed E-state index contributed by atoms with van der Waals surface area (Å²) in [6.45, 7) is 0.347. The standard InChI is InChI=1S/C11H12BrF3N2O/c1-7-3-2-4-8(10(7)12)16-5-9(18)17-6-11(13,14)15/h2-4,16H,5-6H2,1H3,(H,17,18). The monoisotopic (exact) mass is 324 g/mol. The summed E-state index contributed by atoms with van der Waals surface area (Å²) in [5.41, 5.74) is 1.63. The minimum atomic E-state index is -4.39. The average Bonchev–Trinajstić information content (AvgIpc) is 2.27. The molecule has 1 amide bonds. The maximum absolute atomic E-state index is 11.9. The van der Waals surface area contributed by atoms with Gasteiger partial charge in [-0.3, -0.25) is 4.79 Å². The molecule has 0 heterocycles. The first kappa shape index (κ1) is 14.8. The lowest BCUT2D eigenvalue weighted by Gasteiger charge is -2.11. The molecule has 1 aromatic carbocycles. The van der Waals surface area contributed by atoms with Gasteiger partial charge in [0, 0.05) is 10.2 Å². The SMILES string of the molecule is Cc1cccc(NCC(=O)NCC(F)(F)F)c1Br. The molecule has 1 aromatic rings. The topological polar surface area (TPSA) is 41.1 Å². The van der Waals surface area contributed by atoms with Crippen LogP contribution in [0.3, 0.4) is 0 Å². The molecular weight excluding hydrogens is 313 g/mol. The molecule has 100 valence electrons. The van der Waals surface area contributed by atoms with E-state index in [1.54, 1.807) is 17.4 Å². The third-order valence-corrected chi connectivity index (χ3v) is 3.17. The molecule has 18 heavy (non-hydrogen) atoms. The van der Waals surface area contributed by atoms with E-state index in [1.807, 2.05) is 13.0 Å². The summed E-state index contributed by atoms with van der Waals surface area (Å²) in [5.74, 6) is -0.708. The van der Waals surface area contributed by atoms with E-state index in [2.05, 4.69) is 21.2 Å². The Balaban J connectivity index is 2.46. The number of hydrogen-bond donors (Lipinski definition) is 2. The van der Waals surface area contributed by atoms with Crippen molar-refractivity contribution in [1.29, 1.82) is 0 Å². The van der Waals surface area contributed by atoms with Crippen molar-refractivity contribution in [3.63, 3.8) is 0 Å².